The number of fused-ring (bicyclic) bond motifs is 1. The molecule has 1 fully saturated rings. The SMILES string of the molecule is COC[C@H]1C(C)[C@@H]1C(=O)Nc1cc2cc(-c3cnccc3C)cc(NC(=O)OC(C)(C)C)c2cn1. The van der Waals surface area contributed by atoms with Crippen molar-refractivity contribution in [2.45, 2.75) is 40.2 Å². The van der Waals surface area contributed by atoms with Crippen molar-refractivity contribution >= 4 is 34.3 Å². The van der Waals surface area contributed by atoms with E-state index >= 15 is 0 Å². The molecule has 4 rings (SSSR count). The van der Waals surface area contributed by atoms with Crippen LogP contribution in [0.2, 0.25) is 0 Å². The number of aromatic nitrogens is 2. The molecule has 8 heteroatoms. The summed E-state index contributed by atoms with van der Waals surface area (Å²) < 4.78 is 10.7. The van der Waals surface area contributed by atoms with Gasteiger partial charge in [-0.05, 0) is 80.3 Å². The number of benzene rings is 1. The fourth-order valence-electron chi connectivity index (χ4n) is 4.40. The van der Waals surface area contributed by atoms with Gasteiger partial charge in [-0.15, -0.1) is 0 Å². The second-order valence-corrected chi connectivity index (χ2v) is 10.1. The Morgan fingerprint density at radius 1 is 1.11 bits per heavy atom. The van der Waals surface area contributed by atoms with Crippen molar-refractivity contribution in [2.24, 2.45) is 17.8 Å². The number of hydrogen-bond donors (Lipinski definition) is 2. The molecule has 8 nitrogen and oxygen atoms in total. The van der Waals surface area contributed by atoms with Crippen LogP contribution in [0.5, 0.6) is 0 Å². The monoisotopic (exact) mass is 476 g/mol. The molecule has 0 aliphatic heterocycles. The van der Waals surface area contributed by atoms with Gasteiger partial charge in [0.1, 0.15) is 11.4 Å². The third-order valence-electron chi connectivity index (χ3n) is 6.30. The standard InChI is InChI=1S/C27H32N4O4/c1-15-7-8-28-12-19(15)17-9-18-11-23(31-25(32)24-16(2)21(24)14-34-6)29-13-20(18)22(10-17)30-26(33)35-27(3,4)5/h7-13,16,21,24H,14H2,1-6H3,(H,30,33)(H,29,31,32)/t16?,21-,24-/m0/s1. The van der Waals surface area contributed by atoms with Crippen molar-refractivity contribution in [3.8, 4) is 11.1 Å². The second kappa shape index (κ2) is 9.62. The van der Waals surface area contributed by atoms with Crippen LogP contribution in [-0.4, -0.2) is 41.3 Å². The van der Waals surface area contributed by atoms with Gasteiger partial charge in [-0.25, -0.2) is 9.78 Å². The van der Waals surface area contributed by atoms with E-state index in [1.807, 2.05) is 52.0 Å². The number of hydrogen-bond acceptors (Lipinski definition) is 6. The molecule has 0 radical (unpaired) electrons. The molecule has 3 aromatic rings. The summed E-state index contributed by atoms with van der Waals surface area (Å²) in [5.41, 5.74) is 2.81. The molecule has 2 N–H and O–H groups in total. The van der Waals surface area contributed by atoms with Gasteiger partial charge in [0.25, 0.3) is 0 Å². The van der Waals surface area contributed by atoms with E-state index in [2.05, 4.69) is 27.5 Å². The fourth-order valence-corrected chi connectivity index (χ4v) is 4.40. The predicted molar refractivity (Wildman–Crippen MR) is 136 cm³/mol. The summed E-state index contributed by atoms with van der Waals surface area (Å²) in [5, 5.41) is 7.36. The van der Waals surface area contributed by atoms with E-state index in [0.29, 0.717) is 18.1 Å². The molecule has 1 unspecified atom stereocenters. The highest BCUT2D eigenvalue weighted by molar-refractivity contribution is 6.04. The minimum Gasteiger partial charge on any atom is -0.444 e. The van der Waals surface area contributed by atoms with Crippen molar-refractivity contribution in [3.63, 3.8) is 0 Å². The molecule has 2 heterocycles. The minimum absolute atomic E-state index is 0.0576. The number of nitrogens with one attached hydrogen (secondary N) is 2. The topological polar surface area (TPSA) is 102 Å². The van der Waals surface area contributed by atoms with Crippen LogP contribution in [0.25, 0.3) is 21.9 Å². The van der Waals surface area contributed by atoms with Gasteiger partial charge in [-0.3, -0.25) is 15.1 Å². The average Bonchev–Trinajstić information content (AvgIpc) is 3.41. The summed E-state index contributed by atoms with van der Waals surface area (Å²) in [7, 11) is 1.65. The maximum Gasteiger partial charge on any atom is 0.412 e. The third-order valence-corrected chi connectivity index (χ3v) is 6.30. The Bertz CT molecular complexity index is 1270. The van der Waals surface area contributed by atoms with Crippen LogP contribution in [0.4, 0.5) is 16.3 Å². The van der Waals surface area contributed by atoms with E-state index in [0.717, 1.165) is 27.5 Å². The largest absolute Gasteiger partial charge is 0.444 e. The van der Waals surface area contributed by atoms with Crippen LogP contribution < -0.4 is 10.6 Å². The molecule has 3 atom stereocenters. The Balaban J connectivity index is 1.69. The molecule has 1 aliphatic rings. The maximum absolute atomic E-state index is 12.8. The van der Waals surface area contributed by atoms with Gasteiger partial charge in [-0.2, -0.15) is 0 Å². The summed E-state index contributed by atoms with van der Waals surface area (Å²) >= 11 is 0. The van der Waals surface area contributed by atoms with E-state index in [9.17, 15) is 9.59 Å². The van der Waals surface area contributed by atoms with E-state index in [1.54, 1.807) is 25.7 Å². The zero-order chi connectivity index (χ0) is 25.3. The van der Waals surface area contributed by atoms with Crippen molar-refractivity contribution in [1.29, 1.82) is 0 Å². The molecular formula is C27H32N4O4. The summed E-state index contributed by atoms with van der Waals surface area (Å²) in [5.74, 6) is 0.825. The van der Waals surface area contributed by atoms with Crippen LogP contribution >= 0.6 is 0 Å². The van der Waals surface area contributed by atoms with Crippen molar-refractivity contribution < 1.29 is 19.1 Å². The number of carbonyl (C=O) groups excluding carboxylic acids is 2. The molecule has 0 saturated heterocycles. The van der Waals surface area contributed by atoms with Crippen LogP contribution in [0.1, 0.15) is 33.3 Å². The first-order valence-corrected chi connectivity index (χ1v) is 11.7. The number of rotatable bonds is 6. The lowest BCUT2D eigenvalue weighted by atomic mass is 9.99. The molecule has 1 saturated carbocycles. The number of ether oxygens (including phenoxy) is 2. The number of aryl methyl sites for hydroxylation is 1. The van der Waals surface area contributed by atoms with E-state index in [-0.39, 0.29) is 23.7 Å². The van der Waals surface area contributed by atoms with Crippen molar-refractivity contribution in [1.82, 2.24) is 9.97 Å². The minimum atomic E-state index is -0.631. The Labute approximate surface area is 205 Å². The quantitative estimate of drug-likeness (QED) is 0.493. The molecule has 0 spiro atoms. The lowest BCUT2D eigenvalue weighted by Gasteiger charge is -2.20. The number of amides is 2. The fraction of sp³-hybridized carbons (Fsp3) is 0.407. The van der Waals surface area contributed by atoms with Crippen molar-refractivity contribution in [3.05, 3.63) is 48.4 Å². The normalized spacial score (nSPS) is 19.3. The lowest BCUT2D eigenvalue weighted by Crippen LogP contribution is -2.27. The highest BCUT2D eigenvalue weighted by Crippen LogP contribution is 2.46. The Kier molecular flexibility index (Phi) is 6.76. The van der Waals surface area contributed by atoms with Gasteiger partial charge >= 0.3 is 6.09 Å². The van der Waals surface area contributed by atoms with Crippen LogP contribution in [0, 0.1) is 24.7 Å². The maximum atomic E-state index is 12.8. The van der Waals surface area contributed by atoms with E-state index < -0.39 is 11.7 Å². The van der Waals surface area contributed by atoms with Gasteiger partial charge in [0.15, 0.2) is 0 Å². The first-order chi connectivity index (χ1) is 16.6. The molecule has 0 bridgehead atoms. The summed E-state index contributed by atoms with van der Waals surface area (Å²) in [6.07, 6.45) is 4.64. The number of carbonyl (C=O) groups is 2. The molecular weight excluding hydrogens is 444 g/mol. The summed E-state index contributed by atoms with van der Waals surface area (Å²) in [6.45, 7) is 10.1. The van der Waals surface area contributed by atoms with Gasteiger partial charge in [-0.1, -0.05) is 6.92 Å². The van der Waals surface area contributed by atoms with E-state index in [1.165, 1.54) is 0 Å². The first-order valence-electron chi connectivity index (χ1n) is 11.7. The third kappa shape index (κ3) is 5.59. The molecule has 1 aromatic carbocycles. The van der Waals surface area contributed by atoms with Crippen molar-refractivity contribution in [2.75, 3.05) is 24.4 Å². The molecule has 184 valence electrons. The lowest BCUT2D eigenvalue weighted by molar-refractivity contribution is -0.118. The molecule has 1 aliphatic carbocycles. The van der Waals surface area contributed by atoms with Gasteiger partial charge in [0, 0.05) is 42.6 Å². The Hall–Kier alpha value is -3.52. The Morgan fingerprint density at radius 2 is 1.89 bits per heavy atom. The molecule has 35 heavy (non-hydrogen) atoms. The number of nitrogens with zero attached hydrogens (tertiary/aromatic N) is 2. The van der Waals surface area contributed by atoms with Gasteiger partial charge < -0.3 is 14.8 Å². The second-order valence-electron chi connectivity index (χ2n) is 10.1. The highest BCUT2D eigenvalue weighted by Gasteiger charge is 2.51. The zero-order valence-electron chi connectivity index (χ0n) is 21.0. The van der Waals surface area contributed by atoms with Crippen LogP contribution in [0.3, 0.4) is 0 Å². The number of pyridine rings is 2. The number of anilines is 2. The predicted octanol–water partition coefficient (Wildman–Crippen LogP) is 5.42. The van der Waals surface area contributed by atoms with Crippen LogP contribution in [0.15, 0.2) is 42.9 Å². The number of methoxy groups -OCH3 is 1. The average molecular weight is 477 g/mol. The first kappa shape index (κ1) is 24.6. The summed E-state index contributed by atoms with van der Waals surface area (Å²) in [6, 6.07) is 7.65. The molecule has 2 amide bonds. The smallest absolute Gasteiger partial charge is 0.412 e. The zero-order valence-corrected chi connectivity index (χ0v) is 21.0. The van der Waals surface area contributed by atoms with Gasteiger partial charge in [0.2, 0.25) is 5.91 Å². The van der Waals surface area contributed by atoms with Crippen LogP contribution in [-0.2, 0) is 14.3 Å². The molecule has 2 aromatic heterocycles. The Morgan fingerprint density at radius 3 is 2.57 bits per heavy atom. The van der Waals surface area contributed by atoms with Gasteiger partial charge in [0.05, 0.1) is 12.3 Å². The highest BCUT2D eigenvalue weighted by atomic mass is 16.6. The summed E-state index contributed by atoms with van der Waals surface area (Å²) in [4.78, 5) is 34.1. The van der Waals surface area contributed by atoms with E-state index in [4.69, 9.17) is 9.47 Å².